The van der Waals surface area contributed by atoms with Crippen LogP contribution in [-0.2, 0) is 4.43 Å². The van der Waals surface area contributed by atoms with Gasteiger partial charge in [0.25, 0.3) is 11.8 Å². The Labute approximate surface area is 152 Å². The van der Waals surface area contributed by atoms with Crippen LogP contribution in [0.2, 0.25) is 6.55 Å². The largest absolute Gasteiger partial charge is 0.425 e. The predicted molar refractivity (Wildman–Crippen MR) is 106 cm³/mol. The van der Waals surface area contributed by atoms with Gasteiger partial charge in [-0.2, -0.15) is 0 Å². The minimum atomic E-state index is -0.0860. The van der Waals surface area contributed by atoms with Crippen molar-refractivity contribution in [2.45, 2.75) is 13.5 Å². The first-order chi connectivity index (χ1) is 12.1. The number of rotatable bonds is 4. The van der Waals surface area contributed by atoms with E-state index in [0.29, 0.717) is 11.1 Å². The quantitative estimate of drug-likeness (QED) is 0.822. The van der Waals surface area contributed by atoms with Crippen LogP contribution in [0.1, 0.15) is 27.6 Å². The summed E-state index contributed by atoms with van der Waals surface area (Å²) in [5.41, 5.74) is 1.40. The van der Waals surface area contributed by atoms with Crippen LogP contribution in [0.25, 0.3) is 0 Å². The lowest BCUT2D eigenvalue weighted by atomic mass is 10.2. The maximum absolute atomic E-state index is 10.9. The van der Waals surface area contributed by atoms with Crippen LogP contribution in [0.3, 0.4) is 0 Å². The van der Waals surface area contributed by atoms with Crippen LogP contribution >= 0.6 is 0 Å². The minimum Gasteiger partial charge on any atom is -0.425 e. The molecule has 0 fully saturated rings. The second-order valence-electron chi connectivity index (χ2n) is 4.67. The van der Waals surface area contributed by atoms with Crippen LogP contribution in [-0.4, -0.2) is 42.3 Å². The molecular weight excluding hydrogens is 332 g/mol. The predicted octanol–water partition coefficient (Wildman–Crippen LogP) is 2.25. The molecule has 0 spiro atoms. The summed E-state index contributed by atoms with van der Waals surface area (Å²) in [6, 6.07) is 18.2. The third-order valence-electron chi connectivity index (χ3n) is 2.93. The van der Waals surface area contributed by atoms with Crippen LogP contribution < -0.4 is 10.6 Å². The van der Waals surface area contributed by atoms with E-state index in [-0.39, 0.29) is 21.6 Å². The van der Waals surface area contributed by atoms with Gasteiger partial charge in [-0.05, 0) is 31.2 Å². The molecule has 0 bridgehead atoms. The van der Waals surface area contributed by atoms with Gasteiger partial charge in [-0.25, -0.2) is 0 Å². The molecule has 0 aliphatic rings. The van der Waals surface area contributed by atoms with E-state index in [1.807, 2.05) is 43.3 Å². The van der Waals surface area contributed by atoms with Crippen LogP contribution in [0.15, 0.2) is 60.7 Å². The number of carbonyl (C=O) groups is 2. The molecule has 2 aromatic rings. The van der Waals surface area contributed by atoms with Crippen molar-refractivity contribution in [3.05, 3.63) is 71.8 Å². The number of carbonyl (C=O) groups excluding carboxylic acids is 2. The fourth-order valence-corrected chi connectivity index (χ4v) is 2.08. The highest BCUT2D eigenvalue weighted by Gasteiger charge is 1.98. The number of hydrogen-bond donors (Lipinski definition) is 2. The lowest BCUT2D eigenvalue weighted by molar-refractivity contribution is 0.0955. The van der Waals surface area contributed by atoms with Crippen molar-refractivity contribution in [2.75, 3.05) is 20.7 Å². The molecule has 0 saturated heterocycles. The molecule has 25 heavy (non-hydrogen) atoms. The summed E-state index contributed by atoms with van der Waals surface area (Å²) >= 11 is 0. The summed E-state index contributed by atoms with van der Waals surface area (Å²) in [6.07, 6.45) is 0. The zero-order valence-corrected chi connectivity index (χ0v) is 16.8. The Morgan fingerprint density at radius 3 is 1.40 bits per heavy atom. The topological polar surface area (TPSA) is 67.4 Å². The molecule has 6 heteroatoms. The fourth-order valence-electron chi connectivity index (χ4n) is 1.67. The molecule has 0 saturated carbocycles. The van der Waals surface area contributed by atoms with E-state index in [1.54, 1.807) is 38.4 Å². The van der Waals surface area contributed by atoms with Gasteiger partial charge >= 0.3 is 0 Å². The first kappa shape index (κ1) is 22.6. The summed E-state index contributed by atoms with van der Waals surface area (Å²) in [4.78, 5) is 21.8. The Kier molecular flexibility index (Phi) is 13.6. The SMILES string of the molecule is CCO[SiH2]C.CNC(=O)c1ccccc1.CNC(=O)c1ccccc1. The Hall–Kier alpha value is -2.44. The monoisotopic (exact) mass is 360 g/mol. The highest BCUT2D eigenvalue weighted by molar-refractivity contribution is 6.24. The van der Waals surface area contributed by atoms with E-state index in [2.05, 4.69) is 17.2 Å². The number of nitrogens with one attached hydrogen (secondary N) is 2. The Balaban J connectivity index is 0.000000368. The molecule has 2 N–H and O–H groups in total. The first-order valence-corrected chi connectivity index (χ1v) is 10.2. The normalized spacial score (nSPS) is 9.28. The maximum Gasteiger partial charge on any atom is 0.251 e. The number of hydrogen-bond acceptors (Lipinski definition) is 3. The van der Waals surface area contributed by atoms with Gasteiger partial charge in [-0.15, -0.1) is 0 Å². The van der Waals surface area contributed by atoms with E-state index < -0.39 is 0 Å². The fraction of sp³-hybridized carbons (Fsp3) is 0.263. The Morgan fingerprint density at radius 2 is 1.20 bits per heavy atom. The average Bonchev–Trinajstić information content (AvgIpc) is 2.69. The smallest absolute Gasteiger partial charge is 0.251 e. The molecule has 2 aromatic carbocycles. The van der Waals surface area contributed by atoms with Crippen molar-refractivity contribution < 1.29 is 14.0 Å². The van der Waals surface area contributed by atoms with Gasteiger partial charge in [0.15, 0.2) is 9.76 Å². The van der Waals surface area contributed by atoms with Crippen molar-refractivity contribution in [2.24, 2.45) is 0 Å². The van der Waals surface area contributed by atoms with E-state index in [9.17, 15) is 9.59 Å². The molecule has 5 nitrogen and oxygen atoms in total. The molecule has 0 aromatic heterocycles. The van der Waals surface area contributed by atoms with Gasteiger partial charge in [-0.1, -0.05) is 42.9 Å². The van der Waals surface area contributed by atoms with Gasteiger partial charge in [0, 0.05) is 31.8 Å². The van der Waals surface area contributed by atoms with Gasteiger partial charge in [-0.3, -0.25) is 9.59 Å². The van der Waals surface area contributed by atoms with E-state index in [1.165, 1.54) is 0 Å². The van der Waals surface area contributed by atoms with Crippen molar-refractivity contribution >= 4 is 21.6 Å². The third kappa shape index (κ3) is 10.9. The molecule has 0 radical (unpaired) electrons. The van der Waals surface area contributed by atoms with Gasteiger partial charge in [0.05, 0.1) is 0 Å². The summed E-state index contributed by atoms with van der Waals surface area (Å²) < 4.78 is 4.97. The molecular formula is C19H28N2O3Si. The second-order valence-corrected chi connectivity index (χ2v) is 5.66. The summed E-state index contributed by atoms with van der Waals surface area (Å²) in [5.74, 6) is -0.0822. The molecule has 0 unspecified atom stereocenters. The lowest BCUT2D eigenvalue weighted by Crippen LogP contribution is -2.17. The Bertz CT molecular complexity index is 539. The molecule has 136 valence electrons. The number of benzene rings is 2. The second kappa shape index (κ2) is 15.1. The zero-order valence-electron chi connectivity index (χ0n) is 15.4. The molecule has 0 aliphatic heterocycles. The molecule has 2 amide bonds. The van der Waals surface area contributed by atoms with Crippen molar-refractivity contribution in [1.82, 2.24) is 10.6 Å². The average molecular weight is 361 g/mol. The van der Waals surface area contributed by atoms with Gasteiger partial charge < -0.3 is 15.1 Å². The molecule has 0 heterocycles. The maximum atomic E-state index is 10.9. The highest BCUT2D eigenvalue weighted by Crippen LogP contribution is 1.97. The number of amides is 2. The van der Waals surface area contributed by atoms with Gasteiger partial charge in [0.1, 0.15) is 0 Å². The van der Waals surface area contributed by atoms with E-state index in [4.69, 9.17) is 4.43 Å². The van der Waals surface area contributed by atoms with Gasteiger partial charge in [0.2, 0.25) is 0 Å². The third-order valence-corrected chi connectivity index (χ3v) is 3.75. The zero-order chi connectivity index (χ0) is 18.9. The molecule has 0 aliphatic carbocycles. The first-order valence-electron chi connectivity index (χ1n) is 8.22. The van der Waals surface area contributed by atoms with E-state index >= 15 is 0 Å². The van der Waals surface area contributed by atoms with Crippen LogP contribution in [0.4, 0.5) is 0 Å². The summed E-state index contributed by atoms with van der Waals surface area (Å²) in [5, 5.41) is 5.08. The summed E-state index contributed by atoms with van der Waals surface area (Å²) in [6.45, 7) is 5.06. The summed E-state index contributed by atoms with van der Waals surface area (Å²) in [7, 11) is 3.15. The molecule has 2 rings (SSSR count). The minimum absolute atomic E-state index is 0.0411. The van der Waals surface area contributed by atoms with E-state index in [0.717, 1.165) is 6.61 Å². The standard InChI is InChI=1S/2C8H9NO.C3H10OSi/c2*1-9-8(10)7-5-3-2-4-6-7;1-3-4-5-2/h2*2-6H,1H3,(H,9,10);3,5H2,1-2H3. The highest BCUT2D eigenvalue weighted by atomic mass is 28.2. The molecule has 0 atom stereocenters. The lowest BCUT2D eigenvalue weighted by Gasteiger charge is -1.96. The van der Waals surface area contributed by atoms with Crippen molar-refractivity contribution in [1.29, 1.82) is 0 Å². The van der Waals surface area contributed by atoms with Crippen molar-refractivity contribution in [3.8, 4) is 0 Å². The van der Waals surface area contributed by atoms with Crippen LogP contribution in [0, 0.1) is 0 Å². The van der Waals surface area contributed by atoms with Crippen molar-refractivity contribution in [3.63, 3.8) is 0 Å². The Morgan fingerprint density at radius 1 is 0.840 bits per heavy atom. The van der Waals surface area contributed by atoms with Crippen LogP contribution in [0.5, 0.6) is 0 Å².